The van der Waals surface area contributed by atoms with Gasteiger partial charge in [-0.1, -0.05) is 0 Å². The maximum atomic E-state index is 13.1. The molecule has 0 saturated heterocycles. The molecule has 156 valence electrons. The molecule has 9 heteroatoms. The summed E-state index contributed by atoms with van der Waals surface area (Å²) in [4.78, 5) is 48.5. The summed E-state index contributed by atoms with van der Waals surface area (Å²) in [5.74, 6) is -0.439. The van der Waals surface area contributed by atoms with E-state index in [1.54, 1.807) is 16.8 Å². The fourth-order valence-electron chi connectivity index (χ4n) is 4.04. The predicted molar refractivity (Wildman–Crippen MR) is 109 cm³/mol. The lowest BCUT2D eigenvalue weighted by Crippen LogP contribution is -2.39. The number of hydrogen-bond acceptors (Lipinski definition) is 5. The number of thiophene rings is 1. The lowest BCUT2D eigenvalue weighted by Gasteiger charge is -2.27. The van der Waals surface area contributed by atoms with Crippen LogP contribution in [-0.2, 0) is 17.8 Å². The molecule has 2 aromatic rings. The number of carbonyl (C=O) groups is 3. The first-order chi connectivity index (χ1) is 14.4. The molecule has 1 aliphatic carbocycles. The van der Waals surface area contributed by atoms with Crippen LogP contribution in [0.5, 0.6) is 0 Å². The molecule has 1 saturated carbocycles. The van der Waals surface area contributed by atoms with Crippen molar-refractivity contribution in [2.45, 2.75) is 25.8 Å². The topological polar surface area (TPSA) is 73.8 Å². The van der Waals surface area contributed by atoms with Crippen LogP contribution in [0.25, 0.3) is 0 Å². The van der Waals surface area contributed by atoms with Crippen LogP contribution in [0.4, 0.5) is 9.39 Å². The molecule has 0 aromatic carbocycles. The molecule has 0 atom stereocenters. The highest BCUT2D eigenvalue weighted by molar-refractivity contribution is 7.17. The van der Waals surface area contributed by atoms with Crippen molar-refractivity contribution in [3.8, 4) is 0 Å². The minimum Gasteiger partial charge on any atom is -0.332 e. The van der Waals surface area contributed by atoms with Crippen molar-refractivity contribution >= 4 is 34.1 Å². The first-order valence-electron chi connectivity index (χ1n) is 10.0. The molecule has 7 nitrogen and oxygen atoms in total. The van der Waals surface area contributed by atoms with Crippen LogP contribution in [-0.4, -0.2) is 59.2 Å². The smallest absolute Gasteiger partial charge is 0.272 e. The van der Waals surface area contributed by atoms with Crippen LogP contribution in [0.3, 0.4) is 0 Å². The van der Waals surface area contributed by atoms with Gasteiger partial charge < -0.3 is 14.7 Å². The summed E-state index contributed by atoms with van der Waals surface area (Å²) in [5, 5.41) is 0.723. The molecule has 0 bridgehead atoms. The average Bonchev–Trinajstić information content (AvgIpc) is 3.49. The number of rotatable bonds is 3. The van der Waals surface area contributed by atoms with Gasteiger partial charge in [-0.3, -0.25) is 14.4 Å². The van der Waals surface area contributed by atoms with Crippen molar-refractivity contribution in [1.29, 1.82) is 0 Å². The third-order valence-electron chi connectivity index (χ3n) is 5.89. The maximum absolute atomic E-state index is 13.1. The van der Waals surface area contributed by atoms with Gasteiger partial charge in [-0.05, 0) is 42.9 Å². The number of halogens is 1. The van der Waals surface area contributed by atoms with Gasteiger partial charge in [-0.25, -0.2) is 9.37 Å². The molecule has 0 N–H and O–H groups in total. The first-order valence-corrected chi connectivity index (χ1v) is 10.8. The molecule has 0 radical (unpaired) electrons. The van der Waals surface area contributed by atoms with Crippen LogP contribution < -0.4 is 4.90 Å². The number of nitrogens with zero attached hydrogens (tertiary/aromatic N) is 4. The van der Waals surface area contributed by atoms with Crippen LogP contribution in [0.15, 0.2) is 18.3 Å². The third-order valence-corrected chi connectivity index (χ3v) is 7.13. The zero-order chi connectivity index (χ0) is 21.0. The number of likely N-dealkylation sites (N-methyl/N-ethyl adjacent to an activating group) is 1. The summed E-state index contributed by atoms with van der Waals surface area (Å²) >= 11 is 1.44. The number of aromatic nitrogens is 1. The van der Waals surface area contributed by atoms with Gasteiger partial charge in [-0.15, -0.1) is 11.3 Å². The van der Waals surface area contributed by atoms with E-state index in [9.17, 15) is 18.8 Å². The lowest BCUT2D eigenvalue weighted by atomic mass is 10.0. The van der Waals surface area contributed by atoms with Gasteiger partial charge in [-0.2, -0.15) is 0 Å². The second kappa shape index (κ2) is 7.16. The van der Waals surface area contributed by atoms with Gasteiger partial charge >= 0.3 is 0 Å². The lowest BCUT2D eigenvalue weighted by molar-refractivity contribution is -0.119. The third kappa shape index (κ3) is 3.27. The average molecular weight is 428 g/mol. The fraction of sp³-hybridized carbons (Fsp3) is 0.429. The molecular weight excluding hydrogens is 407 g/mol. The van der Waals surface area contributed by atoms with Gasteiger partial charge in [0, 0.05) is 25.0 Å². The highest BCUT2D eigenvalue weighted by atomic mass is 32.1. The van der Waals surface area contributed by atoms with Crippen molar-refractivity contribution in [1.82, 2.24) is 14.8 Å². The highest BCUT2D eigenvalue weighted by Crippen LogP contribution is 2.43. The Balaban J connectivity index is 1.48. The summed E-state index contributed by atoms with van der Waals surface area (Å²) in [6, 6.07) is 2.60. The van der Waals surface area contributed by atoms with Gasteiger partial charge in [0.05, 0.1) is 18.3 Å². The minimum atomic E-state index is -0.488. The fourth-order valence-corrected chi connectivity index (χ4v) is 5.43. The van der Waals surface area contributed by atoms with Crippen molar-refractivity contribution in [2.75, 3.05) is 31.6 Å². The van der Waals surface area contributed by atoms with E-state index in [0.29, 0.717) is 37.5 Å². The Bertz CT molecular complexity index is 1050. The van der Waals surface area contributed by atoms with Crippen LogP contribution in [0, 0.1) is 11.7 Å². The molecular formula is C21H21FN4O3S. The van der Waals surface area contributed by atoms with Crippen molar-refractivity contribution in [3.05, 3.63) is 45.8 Å². The predicted octanol–water partition coefficient (Wildman–Crippen LogP) is 2.31. The molecule has 1 fully saturated rings. The largest absolute Gasteiger partial charge is 0.332 e. The van der Waals surface area contributed by atoms with E-state index in [-0.39, 0.29) is 30.0 Å². The SMILES string of the molecule is CN1CC(=O)N(CC2CC2)c2sc3c(c2C1=O)CCN(C(=O)c1ccc(F)cn1)C3. The number of hydrogen-bond donors (Lipinski definition) is 0. The Labute approximate surface area is 177 Å². The van der Waals surface area contributed by atoms with Crippen LogP contribution in [0.2, 0.25) is 0 Å². The number of fused-ring (bicyclic) bond motifs is 3. The minimum absolute atomic E-state index is 0.0569. The van der Waals surface area contributed by atoms with Crippen molar-refractivity contribution in [3.63, 3.8) is 0 Å². The van der Waals surface area contributed by atoms with E-state index in [0.717, 1.165) is 34.5 Å². The second-order valence-corrected chi connectivity index (χ2v) is 9.21. The normalized spacial score (nSPS) is 18.9. The Hall–Kier alpha value is -2.81. The molecule has 5 rings (SSSR count). The van der Waals surface area contributed by atoms with Gasteiger partial charge in [0.15, 0.2) is 0 Å². The zero-order valence-corrected chi connectivity index (χ0v) is 17.4. The molecule has 4 heterocycles. The Kier molecular flexibility index (Phi) is 4.57. The van der Waals surface area contributed by atoms with Crippen LogP contribution in [0.1, 0.15) is 44.1 Å². The van der Waals surface area contributed by atoms with E-state index in [1.165, 1.54) is 28.4 Å². The number of pyridine rings is 1. The Morgan fingerprint density at radius 1 is 1.27 bits per heavy atom. The standard InChI is InChI=1S/C21H21FN4O3S/c1-24-11-17(27)26(9-12-2-3-12)21-18(20(24)29)14-6-7-25(10-16(14)30-21)19(28)15-5-4-13(22)8-23-15/h4-5,8,12H,2-3,6-7,9-11H2,1H3. The monoisotopic (exact) mass is 428 g/mol. The first kappa shape index (κ1) is 19.2. The number of amides is 3. The quantitative estimate of drug-likeness (QED) is 0.752. The van der Waals surface area contributed by atoms with Crippen molar-refractivity contribution in [2.24, 2.45) is 5.92 Å². The zero-order valence-electron chi connectivity index (χ0n) is 16.6. The summed E-state index contributed by atoms with van der Waals surface area (Å²) in [6.07, 6.45) is 3.80. The van der Waals surface area contributed by atoms with E-state index in [2.05, 4.69) is 4.98 Å². The molecule has 0 unspecified atom stereocenters. The molecule has 2 aromatic heterocycles. The van der Waals surface area contributed by atoms with E-state index in [1.807, 2.05) is 0 Å². The van der Waals surface area contributed by atoms with Gasteiger partial charge in [0.25, 0.3) is 11.8 Å². The van der Waals surface area contributed by atoms with Crippen molar-refractivity contribution < 1.29 is 18.8 Å². The van der Waals surface area contributed by atoms with E-state index >= 15 is 0 Å². The van der Waals surface area contributed by atoms with E-state index in [4.69, 9.17) is 0 Å². The molecule has 0 spiro atoms. The van der Waals surface area contributed by atoms with Gasteiger partial charge in [0.1, 0.15) is 23.1 Å². The summed E-state index contributed by atoms with van der Waals surface area (Å²) < 4.78 is 13.1. The number of carbonyl (C=O) groups excluding carboxylic acids is 3. The van der Waals surface area contributed by atoms with Crippen LogP contribution >= 0.6 is 11.3 Å². The molecule has 30 heavy (non-hydrogen) atoms. The summed E-state index contributed by atoms with van der Waals surface area (Å²) in [5.41, 5.74) is 1.76. The summed E-state index contributed by atoms with van der Waals surface area (Å²) in [6.45, 7) is 1.53. The Morgan fingerprint density at radius 2 is 2.07 bits per heavy atom. The Morgan fingerprint density at radius 3 is 2.77 bits per heavy atom. The molecule has 3 amide bonds. The molecule has 2 aliphatic heterocycles. The van der Waals surface area contributed by atoms with Gasteiger partial charge in [0.2, 0.25) is 5.91 Å². The maximum Gasteiger partial charge on any atom is 0.272 e. The molecule has 3 aliphatic rings. The second-order valence-electron chi connectivity index (χ2n) is 8.13. The van der Waals surface area contributed by atoms with E-state index < -0.39 is 5.82 Å². The number of anilines is 1. The highest BCUT2D eigenvalue weighted by Gasteiger charge is 2.39. The summed E-state index contributed by atoms with van der Waals surface area (Å²) in [7, 11) is 1.66.